The van der Waals surface area contributed by atoms with E-state index in [2.05, 4.69) is 9.71 Å². The molecule has 0 saturated heterocycles. The lowest BCUT2D eigenvalue weighted by Gasteiger charge is -2.12. The largest absolute Gasteiger partial charge is 0.431 e. The first-order valence-electron chi connectivity index (χ1n) is 5.62. The minimum absolute atomic E-state index is 0.0587. The van der Waals surface area contributed by atoms with E-state index in [4.69, 9.17) is 10.2 Å². The van der Waals surface area contributed by atoms with Crippen LogP contribution in [0.2, 0.25) is 0 Å². The maximum Gasteiger partial charge on any atom is 0.309 e. The average Bonchev–Trinajstić information content (AvgIpc) is 2.68. The Bertz CT molecular complexity index is 720. The second-order valence-corrected chi connectivity index (χ2v) is 5.94. The molecule has 3 N–H and O–H groups in total. The van der Waals surface area contributed by atoms with Crippen molar-refractivity contribution >= 4 is 21.7 Å². The molecule has 0 bridgehead atoms. The van der Waals surface area contributed by atoms with E-state index in [0.29, 0.717) is 11.3 Å². The molecule has 2 rings (SSSR count). The molecule has 19 heavy (non-hydrogen) atoms. The number of aromatic nitrogens is 1. The summed E-state index contributed by atoms with van der Waals surface area (Å²) in [4.78, 5) is 3.96. The Labute approximate surface area is 111 Å². The Kier molecular flexibility index (Phi) is 3.23. The first-order valence-corrected chi connectivity index (χ1v) is 7.10. The highest BCUT2D eigenvalue weighted by Gasteiger charge is 2.23. The Morgan fingerprint density at radius 2 is 1.95 bits per heavy atom. The summed E-state index contributed by atoms with van der Waals surface area (Å²) >= 11 is 0. The molecule has 1 heterocycles. The van der Waals surface area contributed by atoms with Crippen LogP contribution in [0.1, 0.15) is 16.8 Å². The smallest absolute Gasteiger partial charge is 0.309 e. The molecule has 6 nitrogen and oxygen atoms in total. The number of nitrogens with one attached hydrogen (secondary N) is 1. The number of nitrogens with zero attached hydrogens (tertiary/aromatic N) is 1. The van der Waals surface area contributed by atoms with E-state index in [1.54, 1.807) is 26.0 Å². The second kappa shape index (κ2) is 4.58. The Hall–Kier alpha value is -2.02. The highest BCUT2D eigenvalue weighted by atomic mass is 32.2. The SMILES string of the molecule is Cc1coc(NS(=O)(=O)c2c(N)ccc(C)c2C)n1. The van der Waals surface area contributed by atoms with Crippen LogP contribution in [0.5, 0.6) is 0 Å². The molecule has 7 heteroatoms. The van der Waals surface area contributed by atoms with Crippen molar-refractivity contribution in [3.8, 4) is 0 Å². The van der Waals surface area contributed by atoms with Crippen molar-refractivity contribution in [1.29, 1.82) is 0 Å². The monoisotopic (exact) mass is 281 g/mol. The molecule has 1 aromatic heterocycles. The highest BCUT2D eigenvalue weighted by Crippen LogP contribution is 2.27. The molecule has 2 aromatic rings. The zero-order valence-corrected chi connectivity index (χ0v) is 11.7. The van der Waals surface area contributed by atoms with Gasteiger partial charge in [0.05, 0.1) is 11.4 Å². The molecule has 0 radical (unpaired) electrons. The van der Waals surface area contributed by atoms with Crippen molar-refractivity contribution in [3.63, 3.8) is 0 Å². The van der Waals surface area contributed by atoms with Crippen LogP contribution in [0.3, 0.4) is 0 Å². The van der Waals surface area contributed by atoms with E-state index in [1.165, 1.54) is 6.26 Å². The Balaban J connectivity index is 2.48. The van der Waals surface area contributed by atoms with Crippen molar-refractivity contribution in [3.05, 3.63) is 35.2 Å². The van der Waals surface area contributed by atoms with Gasteiger partial charge in [0.15, 0.2) is 0 Å². The summed E-state index contributed by atoms with van der Waals surface area (Å²) in [5.74, 6) is 0. The van der Waals surface area contributed by atoms with E-state index >= 15 is 0 Å². The maximum atomic E-state index is 12.3. The van der Waals surface area contributed by atoms with E-state index in [-0.39, 0.29) is 16.6 Å². The van der Waals surface area contributed by atoms with Crippen LogP contribution in [-0.2, 0) is 10.0 Å². The molecule has 0 amide bonds. The zero-order valence-electron chi connectivity index (χ0n) is 10.9. The fraction of sp³-hybridized carbons (Fsp3) is 0.250. The molecule has 1 aromatic carbocycles. The minimum Gasteiger partial charge on any atom is -0.431 e. The molecular formula is C12H15N3O3S. The second-order valence-electron chi connectivity index (χ2n) is 4.33. The summed E-state index contributed by atoms with van der Waals surface area (Å²) in [7, 11) is -3.82. The topological polar surface area (TPSA) is 98.2 Å². The van der Waals surface area contributed by atoms with Crippen molar-refractivity contribution < 1.29 is 12.8 Å². The van der Waals surface area contributed by atoms with Crippen LogP contribution in [-0.4, -0.2) is 13.4 Å². The van der Waals surface area contributed by atoms with Gasteiger partial charge in [-0.15, -0.1) is 0 Å². The molecule has 0 spiro atoms. The summed E-state index contributed by atoms with van der Waals surface area (Å²) < 4.78 is 31.9. The molecule has 0 aliphatic rings. The number of oxazole rings is 1. The van der Waals surface area contributed by atoms with Gasteiger partial charge in [-0.05, 0) is 38.0 Å². The van der Waals surface area contributed by atoms with Gasteiger partial charge >= 0.3 is 6.01 Å². The molecule has 102 valence electrons. The van der Waals surface area contributed by atoms with E-state index < -0.39 is 10.0 Å². The van der Waals surface area contributed by atoms with E-state index in [1.807, 2.05) is 6.92 Å². The first-order chi connectivity index (χ1) is 8.81. The van der Waals surface area contributed by atoms with Crippen LogP contribution in [0.4, 0.5) is 11.7 Å². The third-order valence-electron chi connectivity index (χ3n) is 2.82. The van der Waals surface area contributed by atoms with Crippen LogP contribution < -0.4 is 10.5 Å². The fourth-order valence-electron chi connectivity index (χ4n) is 1.73. The minimum atomic E-state index is -3.82. The lowest BCUT2D eigenvalue weighted by atomic mass is 10.1. The van der Waals surface area contributed by atoms with Gasteiger partial charge in [-0.25, -0.2) is 13.1 Å². The van der Waals surface area contributed by atoms with Gasteiger partial charge in [-0.2, -0.15) is 4.98 Å². The van der Waals surface area contributed by atoms with Crippen molar-refractivity contribution in [2.75, 3.05) is 10.5 Å². The number of benzene rings is 1. The number of nitrogen functional groups attached to an aromatic ring is 1. The van der Waals surface area contributed by atoms with Gasteiger partial charge < -0.3 is 10.2 Å². The lowest BCUT2D eigenvalue weighted by Crippen LogP contribution is -2.17. The standard InChI is InChI=1S/C12H15N3O3S/c1-7-4-5-10(13)11(9(7)3)19(16,17)15-12-14-8(2)6-18-12/h4-6H,13H2,1-3H3,(H,14,15). The van der Waals surface area contributed by atoms with Gasteiger partial charge in [0, 0.05) is 0 Å². The van der Waals surface area contributed by atoms with Gasteiger partial charge in [0.25, 0.3) is 10.0 Å². The Morgan fingerprint density at radius 3 is 2.53 bits per heavy atom. The summed E-state index contributed by atoms with van der Waals surface area (Å²) in [6.07, 6.45) is 1.37. The average molecular weight is 281 g/mol. The van der Waals surface area contributed by atoms with Crippen LogP contribution in [0, 0.1) is 20.8 Å². The fourth-order valence-corrected chi connectivity index (χ4v) is 3.10. The van der Waals surface area contributed by atoms with Gasteiger partial charge in [0.1, 0.15) is 11.2 Å². The third-order valence-corrected chi connectivity index (χ3v) is 4.34. The number of sulfonamides is 1. The summed E-state index contributed by atoms with van der Waals surface area (Å²) in [6, 6.07) is 3.27. The van der Waals surface area contributed by atoms with Crippen molar-refractivity contribution in [2.45, 2.75) is 25.7 Å². The number of aryl methyl sites for hydroxylation is 2. The molecule has 0 saturated carbocycles. The lowest BCUT2D eigenvalue weighted by molar-refractivity contribution is 0.569. The molecule has 0 aliphatic carbocycles. The van der Waals surface area contributed by atoms with Gasteiger partial charge in [-0.1, -0.05) is 6.07 Å². The highest BCUT2D eigenvalue weighted by molar-refractivity contribution is 7.93. The van der Waals surface area contributed by atoms with Gasteiger partial charge in [0.2, 0.25) is 0 Å². The van der Waals surface area contributed by atoms with E-state index in [9.17, 15) is 8.42 Å². The summed E-state index contributed by atoms with van der Waals surface area (Å²) in [5.41, 5.74) is 8.00. The molecule has 0 atom stereocenters. The van der Waals surface area contributed by atoms with Crippen molar-refractivity contribution in [2.24, 2.45) is 0 Å². The maximum absolute atomic E-state index is 12.3. The molecule has 0 fully saturated rings. The number of anilines is 2. The van der Waals surface area contributed by atoms with Crippen LogP contribution in [0.25, 0.3) is 0 Å². The zero-order chi connectivity index (χ0) is 14.2. The van der Waals surface area contributed by atoms with Gasteiger partial charge in [-0.3, -0.25) is 0 Å². The normalized spacial score (nSPS) is 11.5. The van der Waals surface area contributed by atoms with Crippen LogP contribution in [0.15, 0.2) is 27.7 Å². The molecule has 0 unspecified atom stereocenters. The quantitative estimate of drug-likeness (QED) is 0.838. The number of rotatable bonds is 3. The Morgan fingerprint density at radius 1 is 1.26 bits per heavy atom. The number of hydrogen-bond donors (Lipinski definition) is 2. The van der Waals surface area contributed by atoms with Crippen molar-refractivity contribution in [1.82, 2.24) is 4.98 Å². The molecular weight excluding hydrogens is 266 g/mol. The first kappa shape index (κ1) is 13.4. The number of hydrogen-bond acceptors (Lipinski definition) is 5. The summed E-state index contributed by atoms with van der Waals surface area (Å²) in [6.45, 7) is 5.23. The molecule has 0 aliphatic heterocycles. The number of nitrogens with two attached hydrogens (primary N) is 1. The predicted molar refractivity (Wildman–Crippen MR) is 72.4 cm³/mol. The third kappa shape index (κ3) is 2.55. The van der Waals surface area contributed by atoms with Crippen LogP contribution >= 0.6 is 0 Å². The predicted octanol–water partition coefficient (Wildman–Crippen LogP) is 1.98. The van der Waals surface area contributed by atoms with E-state index in [0.717, 1.165) is 5.56 Å². The summed E-state index contributed by atoms with van der Waals surface area (Å²) in [5, 5.41) is 0.